The highest BCUT2D eigenvalue weighted by Crippen LogP contribution is 2.28. The van der Waals surface area contributed by atoms with Gasteiger partial charge < -0.3 is 9.80 Å². The van der Waals surface area contributed by atoms with Crippen molar-refractivity contribution in [2.24, 2.45) is 7.05 Å². The summed E-state index contributed by atoms with van der Waals surface area (Å²) in [6, 6.07) is 4.69. The number of hydrogen-bond acceptors (Lipinski definition) is 4. The van der Waals surface area contributed by atoms with Crippen molar-refractivity contribution in [2.45, 2.75) is 19.9 Å². The van der Waals surface area contributed by atoms with Gasteiger partial charge in [0.05, 0.1) is 11.2 Å². The highest BCUT2D eigenvalue weighted by Gasteiger charge is 2.25. The molecule has 164 valence electrons. The minimum absolute atomic E-state index is 0.0384. The number of likely N-dealkylation sites (N-methyl/N-ethyl adjacent to an activating group) is 1. The summed E-state index contributed by atoms with van der Waals surface area (Å²) in [7, 11) is 4.10. The van der Waals surface area contributed by atoms with Crippen molar-refractivity contribution in [2.75, 3.05) is 26.7 Å². The topological polar surface area (TPSA) is 44.6 Å². The maximum atomic E-state index is 13.3. The van der Waals surface area contributed by atoms with E-state index < -0.39 is 0 Å². The van der Waals surface area contributed by atoms with Crippen molar-refractivity contribution in [1.82, 2.24) is 24.5 Å². The molecule has 0 N–H and O–H groups in total. The summed E-state index contributed by atoms with van der Waals surface area (Å²) in [5.74, 6) is -0.0384. The molecule has 6 heteroatoms. The van der Waals surface area contributed by atoms with E-state index in [2.05, 4.69) is 54.0 Å². The van der Waals surface area contributed by atoms with Gasteiger partial charge in [-0.15, -0.1) is 0 Å². The third-order valence-corrected chi connectivity index (χ3v) is 6.60. The molecule has 0 bridgehead atoms. The molecule has 0 spiro atoms. The summed E-state index contributed by atoms with van der Waals surface area (Å²) in [5, 5.41) is 5.61. The highest BCUT2D eigenvalue weighted by atomic mass is 16.2. The van der Waals surface area contributed by atoms with Crippen LogP contribution in [0.5, 0.6) is 0 Å². The number of carbonyl (C=O) groups is 1. The number of piperazine rings is 1. The zero-order chi connectivity index (χ0) is 22.4. The van der Waals surface area contributed by atoms with Crippen LogP contribution in [-0.2, 0) is 11.8 Å². The Kier molecular flexibility index (Phi) is 5.10. The van der Waals surface area contributed by atoms with Crippen LogP contribution in [0.4, 0.5) is 0 Å². The molecule has 4 heterocycles. The molecule has 1 saturated heterocycles. The molecule has 0 radical (unpaired) electrons. The van der Waals surface area contributed by atoms with Gasteiger partial charge in [-0.2, -0.15) is 5.10 Å². The van der Waals surface area contributed by atoms with Crippen LogP contribution in [0, 0.1) is 6.92 Å². The van der Waals surface area contributed by atoms with Gasteiger partial charge in [-0.1, -0.05) is 12.2 Å². The number of allylic oxidation sites excluding steroid dienone is 6. The van der Waals surface area contributed by atoms with Gasteiger partial charge in [0, 0.05) is 62.3 Å². The number of aromatic nitrogens is 2. The molecule has 5 rings (SSSR count). The van der Waals surface area contributed by atoms with Crippen molar-refractivity contribution in [1.29, 1.82) is 0 Å². The second kappa shape index (κ2) is 7.95. The Morgan fingerprint density at radius 1 is 1.06 bits per heavy atom. The normalized spacial score (nSPS) is 26.1. The number of rotatable bonds is 2. The molecule has 0 aliphatic carbocycles. The lowest BCUT2D eigenvalue weighted by molar-refractivity contribution is -0.122. The largest absolute Gasteiger partial charge is 0.367 e. The van der Waals surface area contributed by atoms with E-state index in [1.165, 1.54) is 0 Å². The summed E-state index contributed by atoms with van der Waals surface area (Å²) in [6.45, 7) is 7.24. The number of hydrogen-bond donors (Lipinski definition) is 0. The van der Waals surface area contributed by atoms with E-state index in [4.69, 9.17) is 0 Å². The molecule has 1 atom stereocenters. The fourth-order valence-corrected chi connectivity index (χ4v) is 4.57. The van der Waals surface area contributed by atoms with Crippen LogP contribution in [0.1, 0.15) is 18.1 Å². The average Bonchev–Trinajstić information content (AvgIpc) is 3.14. The lowest BCUT2D eigenvalue weighted by Gasteiger charge is -2.40. The van der Waals surface area contributed by atoms with E-state index in [0.29, 0.717) is 6.04 Å². The average molecular weight is 428 g/mol. The van der Waals surface area contributed by atoms with Gasteiger partial charge in [-0.25, -0.2) is 0 Å². The van der Waals surface area contributed by atoms with Crippen LogP contribution in [0.25, 0.3) is 16.5 Å². The quantitative estimate of drug-likeness (QED) is 0.735. The van der Waals surface area contributed by atoms with Crippen molar-refractivity contribution < 1.29 is 4.79 Å². The van der Waals surface area contributed by atoms with Crippen molar-refractivity contribution >= 4 is 22.4 Å². The van der Waals surface area contributed by atoms with Gasteiger partial charge in [-0.3, -0.25) is 14.4 Å². The first-order chi connectivity index (χ1) is 15.4. The molecular weight excluding hydrogens is 398 g/mol. The van der Waals surface area contributed by atoms with Crippen LogP contribution in [0.2, 0.25) is 0 Å². The van der Waals surface area contributed by atoms with Crippen molar-refractivity contribution in [3.63, 3.8) is 0 Å². The second-order valence-electron chi connectivity index (χ2n) is 8.96. The zero-order valence-corrected chi connectivity index (χ0v) is 19.1. The Morgan fingerprint density at radius 2 is 1.88 bits per heavy atom. The SMILES string of the molecule is Cc1cc(C2=C\C(=O)N3C=C(N4CCN(C)[C@@H](C)C4)C=C\C3=C/C=C/2)cc2cn(C)nc12. The Balaban J connectivity index is 1.48. The van der Waals surface area contributed by atoms with Gasteiger partial charge in [0.25, 0.3) is 5.91 Å². The minimum atomic E-state index is -0.0384. The third-order valence-electron chi connectivity index (χ3n) is 6.60. The Labute approximate surface area is 189 Å². The van der Waals surface area contributed by atoms with Crippen LogP contribution >= 0.6 is 0 Å². The summed E-state index contributed by atoms with van der Waals surface area (Å²) in [5.41, 5.74) is 5.99. The van der Waals surface area contributed by atoms with Gasteiger partial charge in [0.1, 0.15) is 0 Å². The number of amides is 1. The van der Waals surface area contributed by atoms with E-state index in [1.54, 1.807) is 11.0 Å². The Bertz CT molecular complexity index is 1240. The highest BCUT2D eigenvalue weighted by molar-refractivity contribution is 6.01. The number of fused-ring (bicyclic) bond motifs is 2. The van der Waals surface area contributed by atoms with Gasteiger partial charge in [0.2, 0.25) is 0 Å². The van der Waals surface area contributed by atoms with E-state index >= 15 is 0 Å². The molecule has 32 heavy (non-hydrogen) atoms. The van der Waals surface area contributed by atoms with Gasteiger partial charge in [-0.05, 0) is 68.0 Å². The number of carbonyl (C=O) groups excluding carboxylic acids is 1. The molecular formula is C26H29N5O. The smallest absolute Gasteiger partial charge is 0.255 e. The first-order valence-electron chi connectivity index (χ1n) is 11.1. The first kappa shape index (κ1) is 20.5. The molecule has 3 aliphatic rings. The summed E-state index contributed by atoms with van der Waals surface area (Å²) in [6.07, 6.45) is 15.9. The van der Waals surface area contributed by atoms with E-state index in [9.17, 15) is 4.79 Å². The van der Waals surface area contributed by atoms with Crippen molar-refractivity contribution in [3.05, 3.63) is 83.5 Å². The predicted octanol–water partition coefficient (Wildman–Crippen LogP) is 3.59. The lowest BCUT2D eigenvalue weighted by atomic mass is 9.99. The first-order valence-corrected chi connectivity index (χ1v) is 11.1. The molecule has 1 aromatic carbocycles. The summed E-state index contributed by atoms with van der Waals surface area (Å²) in [4.78, 5) is 19.8. The zero-order valence-electron chi connectivity index (χ0n) is 19.1. The Hall–Kier alpha value is -3.38. The molecule has 1 fully saturated rings. The fraction of sp³-hybridized carbons (Fsp3) is 0.308. The summed E-state index contributed by atoms with van der Waals surface area (Å²) >= 11 is 0. The molecule has 2 aromatic rings. The Morgan fingerprint density at radius 3 is 2.69 bits per heavy atom. The van der Waals surface area contributed by atoms with Crippen molar-refractivity contribution in [3.8, 4) is 0 Å². The number of nitrogens with zero attached hydrogens (tertiary/aromatic N) is 5. The van der Waals surface area contributed by atoms with Crippen LogP contribution in [-0.4, -0.2) is 63.1 Å². The molecule has 0 unspecified atom stereocenters. The third kappa shape index (κ3) is 3.71. The van der Waals surface area contributed by atoms with E-state index in [-0.39, 0.29) is 5.91 Å². The maximum absolute atomic E-state index is 13.3. The van der Waals surface area contributed by atoms with Crippen LogP contribution in [0.15, 0.2) is 72.4 Å². The van der Waals surface area contributed by atoms with E-state index in [1.807, 2.05) is 48.4 Å². The molecule has 0 saturated carbocycles. The number of aryl methyl sites for hydroxylation is 2. The molecule has 1 amide bonds. The monoisotopic (exact) mass is 427 g/mol. The maximum Gasteiger partial charge on any atom is 0.255 e. The molecule has 1 aromatic heterocycles. The second-order valence-corrected chi connectivity index (χ2v) is 8.96. The predicted molar refractivity (Wildman–Crippen MR) is 128 cm³/mol. The van der Waals surface area contributed by atoms with Crippen LogP contribution in [0.3, 0.4) is 0 Å². The van der Waals surface area contributed by atoms with Gasteiger partial charge >= 0.3 is 0 Å². The van der Waals surface area contributed by atoms with E-state index in [0.717, 1.165) is 58.6 Å². The standard InChI is InChI=1S/C26H29N5O/c1-18-12-21(13-22-16-29(4)27-26(18)22)20-6-5-7-23-8-9-24(17-31(23)25(32)14-20)30-11-10-28(3)19(2)15-30/h5-9,12-14,16-17,19H,10-11,15H2,1-4H3/b6-5+,20-14+,23-7+/t19-/m0/s1. The fourth-order valence-electron chi connectivity index (χ4n) is 4.57. The minimum Gasteiger partial charge on any atom is -0.367 e. The van der Waals surface area contributed by atoms with Gasteiger partial charge in [0.15, 0.2) is 0 Å². The lowest BCUT2D eigenvalue weighted by Crippen LogP contribution is -2.49. The van der Waals surface area contributed by atoms with Crippen LogP contribution < -0.4 is 0 Å². The molecule has 6 nitrogen and oxygen atoms in total. The summed E-state index contributed by atoms with van der Waals surface area (Å²) < 4.78 is 1.83. The molecule has 3 aliphatic heterocycles. The number of benzene rings is 1.